The first-order valence-corrected chi connectivity index (χ1v) is 7.94. The van der Waals surface area contributed by atoms with Crippen molar-refractivity contribution in [1.29, 1.82) is 0 Å². The minimum atomic E-state index is -3.47. The number of nitrogens with zero attached hydrogens (tertiary/aromatic N) is 1. The fourth-order valence-corrected chi connectivity index (χ4v) is 3.88. The summed E-state index contributed by atoms with van der Waals surface area (Å²) in [5.74, 6) is 0. The van der Waals surface area contributed by atoms with Crippen LogP contribution >= 0.6 is 11.3 Å². The number of hydrogen-bond donors (Lipinski definition) is 2. The molecule has 0 bridgehead atoms. The van der Waals surface area contributed by atoms with Crippen molar-refractivity contribution in [2.24, 2.45) is 0 Å². The number of sulfonamides is 1. The Morgan fingerprint density at radius 3 is 2.56 bits per heavy atom. The van der Waals surface area contributed by atoms with Crippen molar-refractivity contribution in [1.82, 2.24) is 9.62 Å². The maximum atomic E-state index is 12.0. The van der Waals surface area contributed by atoms with Gasteiger partial charge in [0.2, 0.25) is 10.0 Å². The van der Waals surface area contributed by atoms with E-state index in [0.717, 1.165) is 16.9 Å². The van der Waals surface area contributed by atoms with Crippen LogP contribution in [0.25, 0.3) is 0 Å². The number of aryl methyl sites for hydroxylation is 1. The number of likely N-dealkylation sites (N-methyl/N-ethyl adjacent to an activating group) is 1. The molecule has 0 amide bonds. The van der Waals surface area contributed by atoms with Crippen LogP contribution in [0.5, 0.6) is 0 Å². The molecule has 0 spiro atoms. The van der Waals surface area contributed by atoms with Crippen molar-refractivity contribution >= 4 is 21.4 Å². The highest BCUT2D eigenvalue weighted by atomic mass is 32.2. The Bertz CT molecular complexity index is 494. The average Bonchev–Trinajstić information content (AvgIpc) is 2.68. The van der Waals surface area contributed by atoms with Gasteiger partial charge in [0.15, 0.2) is 0 Å². The van der Waals surface area contributed by atoms with Gasteiger partial charge in [0, 0.05) is 17.5 Å². The average molecular weight is 292 g/mol. The van der Waals surface area contributed by atoms with Crippen LogP contribution in [0.1, 0.15) is 17.4 Å². The first kappa shape index (κ1) is 15.6. The Morgan fingerprint density at radius 1 is 1.50 bits per heavy atom. The Hall–Kier alpha value is -0.470. The van der Waals surface area contributed by atoms with E-state index < -0.39 is 10.0 Å². The van der Waals surface area contributed by atoms with Crippen molar-refractivity contribution in [3.8, 4) is 0 Å². The zero-order valence-corrected chi connectivity index (χ0v) is 12.7. The molecule has 1 atom stereocenters. The number of hydrogen-bond acceptors (Lipinski definition) is 5. The SMILES string of the molecule is Cc1cc(S(=O)(=O)NCC(C)N(C)C)sc1CO. The molecular formula is C11H20N2O3S2. The van der Waals surface area contributed by atoms with Crippen LogP contribution < -0.4 is 4.72 Å². The first-order chi connectivity index (χ1) is 8.27. The monoisotopic (exact) mass is 292 g/mol. The van der Waals surface area contributed by atoms with Crippen molar-refractivity contribution in [2.75, 3.05) is 20.6 Å². The lowest BCUT2D eigenvalue weighted by Crippen LogP contribution is -2.37. The van der Waals surface area contributed by atoms with E-state index in [2.05, 4.69) is 4.72 Å². The molecule has 7 heteroatoms. The third-order valence-electron chi connectivity index (χ3n) is 2.86. The summed E-state index contributed by atoms with van der Waals surface area (Å²) in [5, 5.41) is 9.08. The van der Waals surface area contributed by atoms with Gasteiger partial charge in [-0.15, -0.1) is 11.3 Å². The van der Waals surface area contributed by atoms with Crippen molar-refractivity contribution in [3.05, 3.63) is 16.5 Å². The summed E-state index contributed by atoms with van der Waals surface area (Å²) in [6.45, 7) is 3.98. The van der Waals surface area contributed by atoms with Gasteiger partial charge >= 0.3 is 0 Å². The number of aliphatic hydroxyl groups is 1. The van der Waals surface area contributed by atoms with Gasteiger partial charge in [0.25, 0.3) is 0 Å². The van der Waals surface area contributed by atoms with Gasteiger partial charge in [-0.05, 0) is 39.6 Å². The summed E-state index contributed by atoms with van der Waals surface area (Å²) in [6.07, 6.45) is 0. The highest BCUT2D eigenvalue weighted by molar-refractivity contribution is 7.91. The minimum Gasteiger partial charge on any atom is -0.391 e. The van der Waals surface area contributed by atoms with E-state index in [9.17, 15) is 8.42 Å². The Kier molecular flexibility index (Phi) is 5.30. The number of aliphatic hydroxyl groups excluding tert-OH is 1. The molecule has 1 rings (SSSR count). The summed E-state index contributed by atoms with van der Waals surface area (Å²) in [6, 6.07) is 1.72. The number of nitrogens with one attached hydrogen (secondary N) is 1. The molecule has 1 unspecified atom stereocenters. The van der Waals surface area contributed by atoms with E-state index in [1.54, 1.807) is 13.0 Å². The highest BCUT2D eigenvalue weighted by Crippen LogP contribution is 2.25. The second-order valence-electron chi connectivity index (χ2n) is 4.49. The topological polar surface area (TPSA) is 69.6 Å². The second-order valence-corrected chi connectivity index (χ2v) is 7.62. The van der Waals surface area contributed by atoms with Crippen LogP contribution in [0.15, 0.2) is 10.3 Å². The minimum absolute atomic E-state index is 0.123. The zero-order chi connectivity index (χ0) is 13.9. The first-order valence-electron chi connectivity index (χ1n) is 5.64. The summed E-state index contributed by atoms with van der Waals surface area (Å²) in [5.41, 5.74) is 0.809. The molecule has 104 valence electrons. The molecule has 0 fully saturated rings. The van der Waals surface area contributed by atoms with E-state index in [-0.39, 0.29) is 16.9 Å². The molecule has 0 aliphatic rings. The van der Waals surface area contributed by atoms with Crippen molar-refractivity contribution in [3.63, 3.8) is 0 Å². The van der Waals surface area contributed by atoms with Gasteiger partial charge in [-0.1, -0.05) is 0 Å². The summed E-state index contributed by atoms with van der Waals surface area (Å²) < 4.78 is 26.9. The fraction of sp³-hybridized carbons (Fsp3) is 0.636. The van der Waals surface area contributed by atoms with Gasteiger partial charge in [-0.3, -0.25) is 0 Å². The Balaban J connectivity index is 2.80. The van der Waals surface area contributed by atoms with E-state index in [1.807, 2.05) is 25.9 Å². The molecule has 18 heavy (non-hydrogen) atoms. The Morgan fingerprint density at radius 2 is 2.11 bits per heavy atom. The standard InChI is InChI=1S/C11H20N2O3S2/c1-8-5-11(17-10(8)7-14)18(15,16)12-6-9(2)13(3)4/h5,9,12,14H,6-7H2,1-4H3. The maximum absolute atomic E-state index is 12.0. The molecule has 0 saturated heterocycles. The molecule has 1 heterocycles. The molecule has 0 saturated carbocycles. The van der Waals surface area contributed by atoms with Crippen LogP contribution in [0.2, 0.25) is 0 Å². The fourth-order valence-electron chi connectivity index (χ4n) is 1.26. The normalized spacial score (nSPS) is 14.1. The maximum Gasteiger partial charge on any atom is 0.250 e. The molecule has 0 aliphatic heterocycles. The lowest BCUT2D eigenvalue weighted by atomic mass is 10.3. The molecule has 2 N–H and O–H groups in total. The molecular weight excluding hydrogens is 272 g/mol. The van der Waals surface area contributed by atoms with Gasteiger partial charge in [0.05, 0.1) is 6.61 Å². The van der Waals surface area contributed by atoms with Gasteiger partial charge in [0.1, 0.15) is 4.21 Å². The molecule has 0 aliphatic carbocycles. The molecule has 0 aromatic carbocycles. The van der Waals surface area contributed by atoms with E-state index in [1.165, 1.54) is 0 Å². The Labute approximate surface area is 112 Å². The molecule has 1 aromatic rings. The summed E-state index contributed by atoms with van der Waals surface area (Å²) in [7, 11) is 0.332. The highest BCUT2D eigenvalue weighted by Gasteiger charge is 2.19. The second kappa shape index (κ2) is 6.12. The van der Waals surface area contributed by atoms with Crippen LogP contribution in [0, 0.1) is 6.92 Å². The van der Waals surface area contributed by atoms with Crippen LogP contribution in [-0.4, -0.2) is 45.1 Å². The zero-order valence-electron chi connectivity index (χ0n) is 11.1. The predicted octanol–water partition coefficient (Wildman–Crippen LogP) is 0.777. The summed E-state index contributed by atoms with van der Waals surface area (Å²) in [4.78, 5) is 2.64. The van der Waals surface area contributed by atoms with Crippen molar-refractivity contribution < 1.29 is 13.5 Å². The smallest absolute Gasteiger partial charge is 0.250 e. The third kappa shape index (κ3) is 3.76. The number of rotatable bonds is 6. The largest absolute Gasteiger partial charge is 0.391 e. The van der Waals surface area contributed by atoms with E-state index in [4.69, 9.17) is 5.11 Å². The van der Waals surface area contributed by atoms with E-state index in [0.29, 0.717) is 11.4 Å². The van der Waals surface area contributed by atoms with Crippen molar-refractivity contribution in [2.45, 2.75) is 30.7 Å². The lowest BCUT2D eigenvalue weighted by molar-refractivity contribution is 0.285. The molecule has 0 radical (unpaired) electrons. The van der Waals surface area contributed by atoms with Gasteiger partial charge in [-0.2, -0.15) is 0 Å². The predicted molar refractivity (Wildman–Crippen MR) is 73.3 cm³/mol. The van der Waals surface area contributed by atoms with Crippen LogP contribution in [-0.2, 0) is 16.6 Å². The van der Waals surface area contributed by atoms with Gasteiger partial charge < -0.3 is 10.0 Å². The summed E-state index contributed by atoms with van der Waals surface area (Å²) >= 11 is 1.11. The quantitative estimate of drug-likeness (QED) is 0.813. The van der Waals surface area contributed by atoms with Gasteiger partial charge in [-0.25, -0.2) is 13.1 Å². The molecule has 1 aromatic heterocycles. The lowest BCUT2D eigenvalue weighted by Gasteiger charge is -2.19. The van der Waals surface area contributed by atoms with Crippen LogP contribution in [0.4, 0.5) is 0 Å². The van der Waals surface area contributed by atoms with E-state index >= 15 is 0 Å². The third-order valence-corrected chi connectivity index (χ3v) is 5.98. The molecule has 5 nitrogen and oxygen atoms in total. The van der Waals surface area contributed by atoms with Crippen LogP contribution in [0.3, 0.4) is 0 Å². The number of thiophene rings is 1.